The fourth-order valence-electron chi connectivity index (χ4n) is 0.748. The van der Waals surface area contributed by atoms with Crippen LogP contribution in [-0.4, -0.2) is 10.1 Å². The van der Waals surface area contributed by atoms with Crippen molar-refractivity contribution in [2.45, 2.75) is 37.9 Å². The smallest absolute Gasteiger partial charge is 0.146 e. The van der Waals surface area contributed by atoms with Gasteiger partial charge in [-0.3, -0.25) is 4.79 Å². The molecule has 0 aliphatic heterocycles. The molecule has 0 aliphatic carbocycles. The van der Waals surface area contributed by atoms with Crippen LogP contribution in [0.15, 0.2) is 0 Å². The van der Waals surface area contributed by atoms with E-state index in [1.54, 1.807) is 6.92 Å². The summed E-state index contributed by atoms with van der Waals surface area (Å²) < 4.78 is -0.243. The van der Waals surface area contributed by atoms with Crippen LogP contribution in [-0.2, 0) is 4.79 Å². The zero-order valence-corrected chi connectivity index (χ0v) is 7.79. The van der Waals surface area contributed by atoms with Crippen molar-refractivity contribution in [1.29, 1.82) is 0 Å². The third-order valence-electron chi connectivity index (χ3n) is 1.75. The first-order valence-electron chi connectivity index (χ1n) is 3.26. The zero-order valence-electron chi connectivity index (χ0n) is 6.20. The quantitative estimate of drug-likeness (QED) is 0.629. The van der Waals surface area contributed by atoms with Gasteiger partial charge in [-0.2, -0.15) is 0 Å². The highest BCUT2D eigenvalue weighted by atomic mass is 79.9. The van der Waals surface area contributed by atoms with Crippen molar-refractivity contribution in [3.63, 3.8) is 0 Å². The predicted octanol–water partition coefficient (Wildman–Crippen LogP) is 2.53. The molecule has 0 aromatic carbocycles. The molecule has 0 aromatic heterocycles. The summed E-state index contributed by atoms with van der Waals surface area (Å²) in [5.41, 5.74) is 0. The van der Waals surface area contributed by atoms with Crippen LogP contribution in [0.4, 0.5) is 0 Å². The molecule has 0 rings (SSSR count). The second-order valence-electron chi connectivity index (χ2n) is 2.23. The van der Waals surface area contributed by atoms with Crippen molar-refractivity contribution >= 4 is 21.7 Å². The highest BCUT2D eigenvalue weighted by Crippen LogP contribution is 2.26. The Balaban J connectivity index is 4.09. The standard InChI is InChI=1S/C7H13BrO/c1-4-7(8,5-2)6(3)9/h4-5H2,1-3H3. The zero-order chi connectivity index (χ0) is 7.49. The highest BCUT2D eigenvalue weighted by Gasteiger charge is 2.26. The summed E-state index contributed by atoms with van der Waals surface area (Å²) in [5, 5.41) is 0. The molecule has 0 fully saturated rings. The summed E-state index contributed by atoms with van der Waals surface area (Å²) in [4.78, 5) is 10.9. The number of ketones is 1. The molecule has 0 saturated carbocycles. The van der Waals surface area contributed by atoms with Gasteiger partial charge in [0.1, 0.15) is 5.78 Å². The minimum Gasteiger partial charge on any atom is -0.298 e. The molecule has 1 nitrogen and oxygen atoms in total. The van der Waals surface area contributed by atoms with Gasteiger partial charge in [-0.25, -0.2) is 0 Å². The normalized spacial score (nSPS) is 11.6. The van der Waals surface area contributed by atoms with Crippen LogP contribution in [0.1, 0.15) is 33.6 Å². The van der Waals surface area contributed by atoms with E-state index >= 15 is 0 Å². The molecule has 0 saturated heterocycles. The highest BCUT2D eigenvalue weighted by molar-refractivity contribution is 9.10. The summed E-state index contributed by atoms with van der Waals surface area (Å²) in [6, 6.07) is 0. The van der Waals surface area contributed by atoms with Crippen molar-refractivity contribution in [3.8, 4) is 0 Å². The van der Waals surface area contributed by atoms with Gasteiger partial charge in [0.05, 0.1) is 4.32 Å². The topological polar surface area (TPSA) is 17.1 Å². The Morgan fingerprint density at radius 3 is 1.78 bits per heavy atom. The number of carbonyl (C=O) groups excluding carboxylic acids is 1. The third kappa shape index (κ3) is 2.09. The molecule has 0 unspecified atom stereocenters. The van der Waals surface area contributed by atoms with E-state index in [1.807, 2.05) is 13.8 Å². The van der Waals surface area contributed by atoms with Crippen molar-refractivity contribution in [1.82, 2.24) is 0 Å². The van der Waals surface area contributed by atoms with Crippen molar-refractivity contribution in [3.05, 3.63) is 0 Å². The van der Waals surface area contributed by atoms with Gasteiger partial charge in [-0.1, -0.05) is 29.8 Å². The van der Waals surface area contributed by atoms with Gasteiger partial charge in [0.15, 0.2) is 0 Å². The van der Waals surface area contributed by atoms with Crippen LogP contribution < -0.4 is 0 Å². The maximum absolute atomic E-state index is 10.9. The van der Waals surface area contributed by atoms with Gasteiger partial charge in [0.2, 0.25) is 0 Å². The molecule has 0 radical (unpaired) electrons. The average Bonchev–Trinajstić information content (AvgIpc) is 1.86. The second-order valence-corrected chi connectivity index (χ2v) is 3.75. The molecular weight excluding hydrogens is 180 g/mol. The minimum atomic E-state index is -0.243. The Hall–Kier alpha value is 0.150. The maximum atomic E-state index is 10.9. The summed E-state index contributed by atoms with van der Waals surface area (Å²) in [6.45, 7) is 5.65. The molecule has 0 aromatic rings. The maximum Gasteiger partial charge on any atom is 0.146 e. The molecule has 0 bridgehead atoms. The van der Waals surface area contributed by atoms with Crippen LogP contribution in [0.3, 0.4) is 0 Å². The lowest BCUT2D eigenvalue weighted by molar-refractivity contribution is -0.119. The van der Waals surface area contributed by atoms with Crippen LogP contribution >= 0.6 is 15.9 Å². The Morgan fingerprint density at radius 2 is 1.78 bits per heavy atom. The molecule has 54 valence electrons. The van der Waals surface area contributed by atoms with E-state index in [9.17, 15) is 4.79 Å². The lowest BCUT2D eigenvalue weighted by Gasteiger charge is -2.19. The van der Waals surface area contributed by atoms with Crippen molar-refractivity contribution in [2.75, 3.05) is 0 Å². The van der Waals surface area contributed by atoms with Gasteiger partial charge in [0.25, 0.3) is 0 Å². The second kappa shape index (κ2) is 3.35. The number of alkyl halides is 1. The fourth-order valence-corrected chi connectivity index (χ4v) is 0.748. The number of Topliss-reactive ketones (excluding diaryl/α,β-unsaturated/α-hetero) is 1. The first-order chi connectivity index (χ1) is 4.06. The lowest BCUT2D eigenvalue weighted by Crippen LogP contribution is -2.27. The predicted molar refractivity (Wildman–Crippen MR) is 42.9 cm³/mol. The molecule has 0 spiro atoms. The van der Waals surface area contributed by atoms with Crippen LogP contribution in [0.25, 0.3) is 0 Å². The van der Waals surface area contributed by atoms with Crippen molar-refractivity contribution in [2.24, 2.45) is 0 Å². The van der Waals surface area contributed by atoms with E-state index in [-0.39, 0.29) is 10.1 Å². The third-order valence-corrected chi connectivity index (χ3v) is 3.43. The summed E-state index contributed by atoms with van der Waals surface area (Å²) in [5.74, 6) is 0.229. The summed E-state index contributed by atoms with van der Waals surface area (Å²) in [7, 11) is 0. The number of hydrogen-bond acceptors (Lipinski definition) is 1. The van der Waals surface area contributed by atoms with E-state index in [1.165, 1.54) is 0 Å². The molecule has 0 aliphatic rings. The minimum absolute atomic E-state index is 0.229. The van der Waals surface area contributed by atoms with Gasteiger partial charge in [-0.15, -0.1) is 0 Å². The largest absolute Gasteiger partial charge is 0.298 e. The van der Waals surface area contributed by atoms with E-state index in [2.05, 4.69) is 15.9 Å². The van der Waals surface area contributed by atoms with E-state index in [0.29, 0.717) is 0 Å². The Morgan fingerprint density at radius 1 is 1.44 bits per heavy atom. The lowest BCUT2D eigenvalue weighted by atomic mass is 9.99. The van der Waals surface area contributed by atoms with Gasteiger partial charge < -0.3 is 0 Å². The van der Waals surface area contributed by atoms with Crippen LogP contribution in [0.2, 0.25) is 0 Å². The molecule has 0 heterocycles. The first-order valence-corrected chi connectivity index (χ1v) is 4.06. The Bertz CT molecular complexity index is 105. The van der Waals surface area contributed by atoms with Crippen LogP contribution in [0, 0.1) is 0 Å². The van der Waals surface area contributed by atoms with Gasteiger partial charge in [-0.05, 0) is 19.8 Å². The number of carbonyl (C=O) groups is 1. The SMILES string of the molecule is CCC(Br)(CC)C(C)=O. The molecule has 0 atom stereocenters. The Labute approximate surface area is 65.0 Å². The number of rotatable bonds is 3. The van der Waals surface area contributed by atoms with E-state index < -0.39 is 0 Å². The first kappa shape index (κ1) is 9.15. The molecule has 0 amide bonds. The molecule has 0 N–H and O–H groups in total. The number of halogens is 1. The van der Waals surface area contributed by atoms with E-state index in [4.69, 9.17) is 0 Å². The van der Waals surface area contributed by atoms with E-state index in [0.717, 1.165) is 12.8 Å². The van der Waals surface area contributed by atoms with Crippen molar-refractivity contribution < 1.29 is 4.79 Å². The van der Waals surface area contributed by atoms with Gasteiger partial charge >= 0.3 is 0 Å². The summed E-state index contributed by atoms with van der Waals surface area (Å²) in [6.07, 6.45) is 1.75. The van der Waals surface area contributed by atoms with Crippen LogP contribution in [0.5, 0.6) is 0 Å². The fraction of sp³-hybridized carbons (Fsp3) is 0.857. The Kier molecular flexibility index (Phi) is 3.41. The monoisotopic (exact) mass is 192 g/mol. The molecule has 2 heteroatoms. The average molecular weight is 193 g/mol. The molecular formula is C7H13BrO. The number of hydrogen-bond donors (Lipinski definition) is 0. The van der Waals surface area contributed by atoms with Gasteiger partial charge in [0, 0.05) is 0 Å². The molecule has 9 heavy (non-hydrogen) atoms. The summed E-state index contributed by atoms with van der Waals surface area (Å²) >= 11 is 3.40.